The Kier molecular flexibility index (Phi) is 7.37. The number of benzene rings is 2. The van der Waals surface area contributed by atoms with Gasteiger partial charge in [-0.05, 0) is 109 Å². The van der Waals surface area contributed by atoms with Crippen molar-refractivity contribution in [2.24, 2.45) is 17.8 Å². The van der Waals surface area contributed by atoms with Crippen molar-refractivity contribution in [3.05, 3.63) is 95.9 Å². The molecular formula is C33H35F3. The Hall–Kier alpha value is -2.81. The van der Waals surface area contributed by atoms with Gasteiger partial charge in [-0.25, -0.2) is 13.2 Å². The quantitative estimate of drug-likeness (QED) is 0.368. The predicted molar refractivity (Wildman–Crippen MR) is 144 cm³/mol. The van der Waals surface area contributed by atoms with E-state index in [1.807, 2.05) is 12.1 Å². The van der Waals surface area contributed by atoms with Crippen LogP contribution in [0.2, 0.25) is 0 Å². The minimum absolute atomic E-state index is 0.256. The molecule has 3 atom stereocenters. The Balaban J connectivity index is 1.27. The van der Waals surface area contributed by atoms with Gasteiger partial charge in [0.1, 0.15) is 5.82 Å². The third-order valence-electron chi connectivity index (χ3n) is 8.65. The van der Waals surface area contributed by atoms with Crippen molar-refractivity contribution in [1.29, 1.82) is 0 Å². The lowest BCUT2D eigenvalue weighted by molar-refractivity contribution is 0.212. The van der Waals surface area contributed by atoms with Gasteiger partial charge in [0, 0.05) is 5.56 Å². The highest BCUT2D eigenvalue weighted by Crippen LogP contribution is 2.42. The number of hydrogen-bond acceptors (Lipinski definition) is 0. The van der Waals surface area contributed by atoms with Gasteiger partial charge in [-0.15, -0.1) is 6.58 Å². The van der Waals surface area contributed by atoms with Crippen molar-refractivity contribution in [3.8, 4) is 11.1 Å². The van der Waals surface area contributed by atoms with E-state index in [0.29, 0.717) is 28.2 Å². The van der Waals surface area contributed by atoms with Gasteiger partial charge in [-0.1, -0.05) is 60.7 Å². The third-order valence-corrected chi connectivity index (χ3v) is 8.65. The first kappa shape index (κ1) is 24.9. The summed E-state index contributed by atoms with van der Waals surface area (Å²) in [6, 6.07) is 12.5. The van der Waals surface area contributed by atoms with E-state index in [1.54, 1.807) is 49.4 Å². The molecule has 0 aliphatic heterocycles. The molecule has 3 aliphatic rings. The van der Waals surface area contributed by atoms with Crippen LogP contribution in [0.3, 0.4) is 0 Å². The van der Waals surface area contributed by atoms with Crippen LogP contribution in [0.25, 0.3) is 22.3 Å². The lowest BCUT2D eigenvalue weighted by Crippen LogP contribution is -2.22. The van der Waals surface area contributed by atoms with Crippen molar-refractivity contribution in [2.45, 2.75) is 64.2 Å². The Morgan fingerprint density at radius 3 is 2.14 bits per heavy atom. The van der Waals surface area contributed by atoms with E-state index < -0.39 is 12.3 Å². The average molecular weight is 489 g/mol. The summed E-state index contributed by atoms with van der Waals surface area (Å²) < 4.78 is 43.8. The summed E-state index contributed by atoms with van der Waals surface area (Å²) in [6.45, 7) is 5.55. The predicted octanol–water partition coefficient (Wildman–Crippen LogP) is 9.69. The molecule has 36 heavy (non-hydrogen) atoms. The lowest BCUT2D eigenvalue weighted by atomic mass is 9.71. The molecule has 3 unspecified atom stereocenters. The Bertz CT molecular complexity index is 1190. The molecule has 188 valence electrons. The summed E-state index contributed by atoms with van der Waals surface area (Å²) in [6.07, 6.45) is 12.8. The molecule has 0 aromatic heterocycles. The molecule has 0 nitrogen and oxygen atoms in total. The van der Waals surface area contributed by atoms with Crippen LogP contribution in [0.15, 0.2) is 78.9 Å². The minimum atomic E-state index is -1.68. The second kappa shape index (κ2) is 10.7. The van der Waals surface area contributed by atoms with Crippen molar-refractivity contribution >= 4 is 11.1 Å². The maximum atomic E-state index is 15.2. The van der Waals surface area contributed by atoms with E-state index in [1.165, 1.54) is 37.7 Å². The fourth-order valence-corrected chi connectivity index (χ4v) is 6.24. The van der Waals surface area contributed by atoms with Crippen LogP contribution in [0.5, 0.6) is 0 Å². The van der Waals surface area contributed by atoms with Gasteiger partial charge in [0.2, 0.25) is 0 Å². The highest BCUT2D eigenvalue weighted by Gasteiger charge is 2.30. The summed E-state index contributed by atoms with van der Waals surface area (Å²) in [5.41, 5.74) is 4.79. The van der Waals surface area contributed by atoms with Crippen LogP contribution < -0.4 is 0 Å². The second-order valence-electron chi connectivity index (χ2n) is 10.8. The monoisotopic (exact) mass is 488 g/mol. The van der Waals surface area contributed by atoms with Crippen molar-refractivity contribution in [1.82, 2.24) is 0 Å². The van der Waals surface area contributed by atoms with Crippen LogP contribution in [0.4, 0.5) is 13.2 Å². The lowest BCUT2D eigenvalue weighted by Gasteiger charge is -2.34. The van der Waals surface area contributed by atoms with Crippen molar-refractivity contribution in [3.63, 3.8) is 0 Å². The molecular weight excluding hydrogens is 453 g/mol. The first-order valence-corrected chi connectivity index (χ1v) is 13.3. The third kappa shape index (κ3) is 5.03. The maximum absolute atomic E-state index is 15.2. The van der Waals surface area contributed by atoms with E-state index in [0.717, 1.165) is 35.8 Å². The fraction of sp³-hybridized carbons (Fsp3) is 0.394. The SMILES string of the molecule is C=CC1CCC(C2CC=C(c3ccc(-c4ccc(C5=CC=C(C)C(F)C5F)cc4)c(F)c3)CC2)CC1. The normalized spacial score (nSPS) is 28.7. The summed E-state index contributed by atoms with van der Waals surface area (Å²) in [7, 11) is 0. The van der Waals surface area contributed by atoms with Crippen LogP contribution >= 0.6 is 0 Å². The molecule has 5 rings (SSSR count). The van der Waals surface area contributed by atoms with Gasteiger partial charge in [-0.2, -0.15) is 0 Å². The maximum Gasteiger partial charge on any atom is 0.161 e. The fourth-order valence-electron chi connectivity index (χ4n) is 6.24. The van der Waals surface area contributed by atoms with Crippen LogP contribution in [-0.4, -0.2) is 12.3 Å². The van der Waals surface area contributed by atoms with Gasteiger partial charge >= 0.3 is 0 Å². The molecule has 0 spiro atoms. The molecule has 1 fully saturated rings. The highest BCUT2D eigenvalue weighted by atomic mass is 19.2. The molecule has 0 radical (unpaired) electrons. The zero-order valence-corrected chi connectivity index (χ0v) is 21.0. The van der Waals surface area contributed by atoms with Gasteiger partial charge < -0.3 is 0 Å². The Morgan fingerprint density at radius 2 is 1.50 bits per heavy atom. The summed E-state index contributed by atoms with van der Waals surface area (Å²) >= 11 is 0. The Morgan fingerprint density at radius 1 is 0.806 bits per heavy atom. The van der Waals surface area contributed by atoms with Crippen LogP contribution in [-0.2, 0) is 0 Å². The van der Waals surface area contributed by atoms with Gasteiger partial charge in [0.15, 0.2) is 12.3 Å². The number of rotatable bonds is 5. The first-order chi connectivity index (χ1) is 17.4. The van der Waals surface area contributed by atoms with Gasteiger partial charge in [-0.3, -0.25) is 0 Å². The van der Waals surface area contributed by atoms with Crippen LogP contribution in [0, 0.1) is 23.6 Å². The summed E-state index contributed by atoms with van der Waals surface area (Å²) in [5, 5.41) is 0. The molecule has 3 aliphatic carbocycles. The van der Waals surface area contributed by atoms with Crippen molar-refractivity contribution in [2.75, 3.05) is 0 Å². The summed E-state index contributed by atoms with van der Waals surface area (Å²) in [5.74, 6) is 2.00. The number of allylic oxidation sites excluding steroid dienone is 7. The highest BCUT2D eigenvalue weighted by molar-refractivity contribution is 5.76. The second-order valence-corrected chi connectivity index (χ2v) is 10.8. The molecule has 0 heterocycles. The number of halogens is 3. The average Bonchev–Trinajstić information content (AvgIpc) is 2.92. The number of alkyl halides is 2. The van der Waals surface area contributed by atoms with Gasteiger partial charge in [0.25, 0.3) is 0 Å². The molecule has 1 saturated carbocycles. The molecule has 3 heteroatoms. The topological polar surface area (TPSA) is 0 Å². The van der Waals surface area contributed by atoms with E-state index in [4.69, 9.17) is 0 Å². The van der Waals surface area contributed by atoms with Crippen LogP contribution in [0.1, 0.15) is 63.0 Å². The Labute approximate surface area is 213 Å². The van der Waals surface area contributed by atoms with Gasteiger partial charge in [0.05, 0.1) is 0 Å². The van der Waals surface area contributed by atoms with E-state index in [-0.39, 0.29) is 5.82 Å². The largest absolute Gasteiger partial charge is 0.239 e. The zero-order valence-electron chi connectivity index (χ0n) is 21.0. The smallest absolute Gasteiger partial charge is 0.161 e. The standard InChI is InChI=1S/C33H35F3/c1-3-22-5-7-23(8-6-22)24-9-11-25(12-10-24)28-17-19-29(31(34)20-28)26-13-15-27(16-14-26)30-18-4-21(2)32(35)33(30)36/h3-4,11,13-20,22-24,32-33H,1,5-10,12H2,2H3. The molecule has 2 aromatic carbocycles. The summed E-state index contributed by atoms with van der Waals surface area (Å²) in [4.78, 5) is 0. The molecule has 0 bridgehead atoms. The zero-order chi connectivity index (χ0) is 25.2. The molecule has 0 N–H and O–H groups in total. The number of hydrogen-bond donors (Lipinski definition) is 0. The van der Waals surface area contributed by atoms with Crippen molar-refractivity contribution < 1.29 is 13.2 Å². The minimum Gasteiger partial charge on any atom is -0.239 e. The van der Waals surface area contributed by atoms with E-state index in [2.05, 4.69) is 18.7 Å². The molecule has 0 saturated heterocycles. The molecule has 0 amide bonds. The van der Waals surface area contributed by atoms with E-state index in [9.17, 15) is 8.78 Å². The van der Waals surface area contributed by atoms with E-state index >= 15 is 4.39 Å². The molecule has 2 aromatic rings. The first-order valence-electron chi connectivity index (χ1n) is 13.3.